The zero-order valence-corrected chi connectivity index (χ0v) is 20.7. The Morgan fingerprint density at radius 1 is 1.09 bits per heavy atom. The van der Waals surface area contributed by atoms with E-state index in [9.17, 15) is 13.2 Å². The number of benzene rings is 2. The number of rotatable bonds is 9. The molecule has 32 heavy (non-hydrogen) atoms. The molecule has 0 aliphatic carbocycles. The quantitative estimate of drug-likeness (QED) is 0.555. The molecule has 1 N–H and O–H groups in total. The molecule has 1 aliphatic heterocycles. The van der Waals surface area contributed by atoms with Gasteiger partial charge in [-0.2, -0.15) is 0 Å². The number of likely N-dealkylation sites (tertiary alicyclic amines) is 1. The Morgan fingerprint density at radius 3 is 2.34 bits per heavy atom. The van der Waals surface area contributed by atoms with Gasteiger partial charge in [0.25, 0.3) is 0 Å². The Labute approximate surface area is 200 Å². The zero-order valence-electron chi connectivity index (χ0n) is 18.4. The van der Waals surface area contributed by atoms with Crippen molar-refractivity contribution in [2.45, 2.75) is 45.3 Å². The number of nitrogens with one attached hydrogen (secondary N) is 1. The van der Waals surface area contributed by atoms with Crippen molar-refractivity contribution in [3.63, 3.8) is 0 Å². The van der Waals surface area contributed by atoms with Crippen LogP contribution in [0, 0.1) is 0 Å². The van der Waals surface area contributed by atoms with Crippen molar-refractivity contribution in [3.8, 4) is 0 Å². The molecule has 174 valence electrons. The third kappa shape index (κ3) is 6.16. The van der Waals surface area contributed by atoms with Gasteiger partial charge in [-0.3, -0.25) is 14.0 Å². The van der Waals surface area contributed by atoms with Crippen LogP contribution in [-0.4, -0.2) is 44.6 Å². The monoisotopic (exact) mass is 497 g/mol. The van der Waals surface area contributed by atoms with Crippen molar-refractivity contribution < 1.29 is 13.2 Å². The SMILES string of the molecule is CCC(C(=O)NCc1ccccc1CN1CCCC1)N(c1ccc(Cl)c(Cl)c1)S(C)(=O)=O. The highest BCUT2D eigenvalue weighted by atomic mass is 35.5. The molecule has 3 rings (SSSR count). The molecular formula is C23H29Cl2N3O3S. The molecule has 9 heteroatoms. The standard InChI is InChI=1S/C23H29Cl2N3O3S/c1-3-22(28(32(2,30)31)19-10-11-20(24)21(25)14-19)23(29)26-15-17-8-4-5-9-18(17)16-27-12-6-7-13-27/h4-5,8-11,14,22H,3,6-7,12-13,15-16H2,1-2H3,(H,26,29). The summed E-state index contributed by atoms with van der Waals surface area (Å²) < 4.78 is 26.3. The summed E-state index contributed by atoms with van der Waals surface area (Å²) >= 11 is 12.1. The summed E-state index contributed by atoms with van der Waals surface area (Å²) in [4.78, 5) is 15.5. The molecule has 0 aromatic heterocycles. The van der Waals surface area contributed by atoms with Crippen LogP contribution in [0.2, 0.25) is 10.0 Å². The number of amides is 1. The van der Waals surface area contributed by atoms with Gasteiger partial charge in [0, 0.05) is 13.1 Å². The van der Waals surface area contributed by atoms with E-state index in [1.165, 1.54) is 30.5 Å². The van der Waals surface area contributed by atoms with E-state index in [-0.39, 0.29) is 10.9 Å². The van der Waals surface area contributed by atoms with Gasteiger partial charge in [0.05, 0.1) is 22.0 Å². The lowest BCUT2D eigenvalue weighted by Crippen LogP contribution is -2.49. The maximum Gasteiger partial charge on any atom is 0.244 e. The van der Waals surface area contributed by atoms with Crippen molar-refractivity contribution in [2.75, 3.05) is 23.7 Å². The van der Waals surface area contributed by atoms with E-state index in [1.54, 1.807) is 13.0 Å². The second kappa shape index (κ2) is 10.9. The first-order valence-electron chi connectivity index (χ1n) is 10.7. The highest BCUT2D eigenvalue weighted by Crippen LogP contribution is 2.30. The lowest BCUT2D eigenvalue weighted by molar-refractivity contribution is -0.122. The van der Waals surface area contributed by atoms with Gasteiger partial charge in [0.2, 0.25) is 15.9 Å². The summed E-state index contributed by atoms with van der Waals surface area (Å²) in [5.41, 5.74) is 2.51. The van der Waals surface area contributed by atoms with Crippen LogP contribution in [0.5, 0.6) is 0 Å². The zero-order chi connectivity index (χ0) is 23.3. The minimum atomic E-state index is -3.75. The number of sulfonamides is 1. The number of anilines is 1. The lowest BCUT2D eigenvalue weighted by atomic mass is 10.1. The van der Waals surface area contributed by atoms with Gasteiger partial charge in [-0.1, -0.05) is 54.4 Å². The summed E-state index contributed by atoms with van der Waals surface area (Å²) in [6.07, 6.45) is 3.81. The summed E-state index contributed by atoms with van der Waals surface area (Å²) in [6.45, 7) is 5.14. The molecule has 1 fully saturated rings. The molecule has 2 aromatic carbocycles. The molecule has 0 saturated carbocycles. The van der Waals surface area contributed by atoms with Crippen LogP contribution in [0.3, 0.4) is 0 Å². The molecule has 6 nitrogen and oxygen atoms in total. The van der Waals surface area contributed by atoms with Gasteiger partial charge in [0.1, 0.15) is 6.04 Å². The van der Waals surface area contributed by atoms with Crippen molar-refractivity contribution in [3.05, 3.63) is 63.6 Å². The Hall–Kier alpha value is -1.80. The lowest BCUT2D eigenvalue weighted by Gasteiger charge is -2.30. The summed E-state index contributed by atoms with van der Waals surface area (Å²) in [6, 6.07) is 11.7. The largest absolute Gasteiger partial charge is 0.350 e. The molecule has 1 heterocycles. The van der Waals surface area contributed by atoms with Crippen LogP contribution in [0.15, 0.2) is 42.5 Å². The van der Waals surface area contributed by atoms with Gasteiger partial charge in [-0.25, -0.2) is 8.42 Å². The molecule has 0 bridgehead atoms. The van der Waals surface area contributed by atoms with Gasteiger partial charge < -0.3 is 5.32 Å². The Kier molecular flexibility index (Phi) is 8.44. The predicted molar refractivity (Wildman–Crippen MR) is 131 cm³/mol. The fraction of sp³-hybridized carbons (Fsp3) is 0.435. The summed E-state index contributed by atoms with van der Waals surface area (Å²) in [5, 5.41) is 3.48. The van der Waals surface area contributed by atoms with E-state index < -0.39 is 16.1 Å². The van der Waals surface area contributed by atoms with Crippen LogP contribution in [0.4, 0.5) is 5.69 Å². The summed E-state index contributed by atoms with van der Waals surface area (Å²) in [7, 11) is -3.75. The first kappa shape index (κ1) is 24.8. The first-order chi connectivity index (χ1) is 15.2. The van der Waals surface area contributed by atoms with Crippen LogP contribution in [-0.2, 0) is 27.9 Å². The van der Waals surface area contributed by atoms with E-state index in [0.717, 1.165) is 35.8 Å². The van der Waals surface area contributed by atoms with Crippen molar-refractivity contribution in [1.29, 1.82) is 0 Å². The van der Waals surface area contributed by atoms with Crippen molar-refractivity contribution in [2.24, 2.45) is 0 Å². The second-order valence-electron chi connectivity index (χ2n) is 8.05. The van der Waals surface area contributed by atoms with E-state index in [0.29, 0.717) is 23.7 Å². The highest BCUT2D eigenvalue weighted by molar-refractivity contribution is 7.92. The smallest absolute Gasteiger partial charge is 0.244 e. The molecule has 1 aliphatic rings. The Morgan fingerprint density at radius 2 is 1.75 bits per heavy atom. The van der Waals surface area contributed by atoms with Crippen LogP contribution < -0.4 is 9.62 Å². The number of nitrogens with zero attached hydrogens (tertiary/aromatic N) is 2. The van der Waals surface area contributed by atoms with Gasteiger partial charge in [0.15, 0.2) is 0 Å². The van der Waals surface area contributed by atoms with Crippen molar-refractivity contribution in [1.82, 2.24) is 10.2 Å². The maximum absolute atomic E-state index is 13.1. The van der Waals surface area contributed by atoms with Gasteiger partial charge in [-0.05, 0) is 61.7 Å². The van der Waals surface area contributed by atoms with Gasteiger partial charge in [-0.15, -0.1) is 0 Å². The molecule has 2 aromatic rings. The molecule has 1 atom stereocenters. The fourth-order valence-electron chi connectivity index (χ4n) is 4.05. The molecule has 1 amide bonds. The number of carbonyl (C=O) groups is 1. The van der Waals surface area contributed by atoms with E-state index in [1.807, 2.05) is 18.2 Å². The van der Waals surface area contributed by atoms with E-state index >= 15 is 0 Å². The highest BCUT2D eigenvalue weighted by Gasteiger charge is 2.31. The number of carbonyl (C=O) groups excluding carboxylic acids is 1. The van der Waals surface area contributed by atoms with Crippen molar-refractivity contribution >= 4 is 44.8 Å². The first-order valence-corrected chi connectivity index (χ1v) is 13.3. The average Bonchev–Trinajstić information content (AvgIpc) is 3.25. The van der Waals surface area contributed by atoms with E-state index in [4.69, 9.17) is 23.2 Å². The second-order valence-corrected chi connectivity index (χ2v) is 10.7. The molecule has 1 unspecified atom stereocenters. The fourth-order valence-corrected chi connectivity index (χ4v) is 5.54. The molecule has 1 saturated heterocycles. The van der Waals surface area contributed by atoms with Crippen LogP contribution in [0.1, 0.15) is 37.3 Å². The normalized spacial score (nSPS) is 15.5. The Balaban J connectivity index is 1.78. The third-order valence-electron chi connectivity index (χ3n) is 5.65. The van der Waals surface area contributed by atoms with Gasteiger partial charge >= 0.3 is 0 Å². The number of hydrogen-bond donors (Lipinski definition) is 1. The van der Waals surface area contributed by atoms with Crippen LogP contribution >= 0.6 is 23.2 Å². The minimum absolute atomic E-state index is 0.226. The topological polar surface area (TPSA) is 69.7 Å². The average molecular weight is 498 g/mol. The van der Waals surface area contributed by atoms with Crippen LogP contribution in [0.25, 0.3) is 0 Å². The predicted octanol–water partition coefficient (Wildman–Crippen LogP) is 4.45. The number of halogens is 2. The molecular weight excluding hydrogens is 469 g/mol. The molecule has 0 spiro atoms. The maximum atomic E-state index is 13.1. The molecule has 0 radical (unpaired) electrons. The third-order valence-corrected chi connectivity index (χ3v) is 7.57. The minimum Gasteiger partial charge on any atom is -0.350 e. The Bertz CT molecular complexity index is 1060. The number of hydrogen-bond acceptors (Lipinski definition) is 4. The summed E-state index contributed by atoms with van der Waals surface area (Å²) in [5.74, 6) is -0.361. The van der Waals surface area contributed by atoms with E-state index in [2.05, 4.69) is 16.3 Å².